The fraction of sp³-hybridized carbons (Fsp3) is 0.421. The maximum absolute atomic E-state index is 12.2. The number of piperidine rings is 1. The molecule has 1 fully saturated rings. The lowest BCUT2D eigenvalue weighted by Gasteiger charge is -2.31. The molecule has 6 nitrogen and oxygen atoms in total. The predicted molar refractivity (Wildman–Crippen MR) is 103 cm³/mol. The topological polar surface area (TPSA) is 67.2 Å². The van der Waals surface area contributed by atoms with Crippen LogP contribution in [0.5, 0.6) is 0 Å². The van der Waals surface area contributed by atoms with E-state index in [1.165, 1.54) is 11.8 Å². The van der Waals surface area contributed by atoms with Crippen LogP contribution in [0.4, 0.5) is 0 Å². The quantitative estimate of drug-likeness (QED) is 0.818. The van der Waals surface area contributed by atoms with Gasteiger partial charge in [-0.2, -0.15) is 0 Å². The number of nitrogens with zero attached hydrogens (tertiary/aromatic N) is 3. The highest BCUT2D eigenvalue weighted by Crippen LogP contribution is 2.24. The van der Waals surface area contributed by atoms with E-state index in [2.05, 4.69) is 10.3 Å². The molecular weight excluding hydrogens is 348 g/mol. The second-order valence-electron chi connectivity index (χ2n) is 6.49. The number of hydrogen-bond donors (Lipinski definition) is 1. The zero-order valence-corrected chi connectivity index (χ0v) is 16.0. The highest BCUT2D eigenvalue weighted by molar-refractivity contribution is 7.99. The summed E-state index contributed by atoms with van der Waals surface area (Å²) in [5, 5.41) is 3.90. The van der Waals surface area contributed by atoms with Gasteiger partial charge in [0.05, 0.1) is 17.6 Å². The number of amides is 2. The van der Waals surface area contributed by atoms with E-state index in [0.29, 0.717) is 18.8 Å². The standard InChI is InChI=1S/C19H24N4O2S/c1-14(24)23-10-8-16(9-11-23)21-18(25)13-26-19-20-12-17(22(19)2)15-6-4-3-5-7-15/h3-7,12,16H,8-11,13H2,1-2H3,(H,21,25). The van der Waals surface area contributed by atoms with E-state index in [1.807, 2.05) is 53.0 Å². The van der Waals surface area contributed by atoms with Crippen LogP contribution in [0.25, 0.3) is 11.3 Å². The van der Waals surface area contributed by atoms with E-state index in [1.54, 1.807) is 6.92 Å². The molecule has 1 aromatic heterocycles. The van der Waals surface area contributed by atoms with Crippen LogP contribution in [-0.4, -0.2) is 51.1 Å². The van der Waals surface area contributed by atoms with Crippen molar-refractivity contribution in [1.82, 2.24) is 19.8 Å². The highest BCUT2D eigenvalue weighted by atomic mass is 32.2. The molecule has 0 radical (unpaired) electrons. The molecule has 7 heteroatoms. The molecular formula is C19H24N4O2S. The number of rotatable bonds is 5. The number of carbonyl (C=O) groups excluding carboxylic acids is 2. The molecule has 0 unspecified atom stereocenters. The van der Waals surface area contributed by atoms with Gasteiger partial charge in [-0.3, -0.25) is 9.59 Å². The molecule has 1 aliphatic heterocycles. The average Bonchev–Trinajstić information content (AvgIpc) is 3.02. The molecule has 0 saturated carbocycles. The summed E-state index contributed by atoms with van der Waals surface area (Å²) in [4.78, 5) is 29.9. The van der Waals surface area contributed by atoms with Gasteiger partial charge in [0.1, 0.15) is 0 Å². The molecule has 0 spiro atoms. The lowest BCUT2D eigenvalue weighted by Crippen LogP contribution is -2.46. The van der Waals surface area contributed by atoms with Crippen molar-refractivity contribution in [1.29, 1.82) is 0 Å². The first-order valence-electron chi connectivity index (χ1n) is 8.79. The Balaban J connectivity index is 1.50. The van der Waals surface area contributed by atoms with Crippen molar-refractivity contribution in [3.8, 4) is 11.3 Å². The molecule has 1 aliphatic rings. The van der Waals surface area contributed by atoms with E-state index < -0.39 is 0 Å². The first kappa shape index (κ1) is 18.5. The van der Waals surface area contributed by atoms with Gasteiger partial charge in [0.2, 0.25) is 11.8 Å². The number of imidazole rings is 1. The fourth-order valence-corrected chi connectivity index (χ4v) is 3.90. The smallest absolute Gasteiger partial charge is 0.230 e. The van der Waals surface area contributed by atoms with Crippen LogP contribution in [0.1, 0.15) is 19.8 Å². The number of thioether (sulfide) groups is 1. The minimum absolute atomic E-state index is 0.0144. The lowest BCUT2D eigenvalue weighted by molar-refractivity contribution is -0.130. The SMILES string of the molecule is CC(=O)N1CCC(NC(=O)CSc2ncc(-c3ccccc3)n2C)CC1. The molecule has 2 heterocycles. The normalized spacial score (nSPS) is 15.1. The Kier molecular flexibility index (Phi) is 5.98. The molecule has 0 aliphatic carbocycles. The summed E-state index contributed by atoms with van der Waals surface area (Å²) in [5.41, 5.74) is 2.14. The van der Waals surface area contributed by atoms with Gasteiger partial charge in [0, 0.05) is 33.1 Å². The van der Waals surface area contributed by atoms with Crippen LogP contribution < -0.4 is 5.32 Å². The Morgan fingerprint density at radius 3 is 2.58 bits per heavy atom. The maximum atomic E-state index is 12.2. The first-order chi connectivity index (χ1) is 12.5. The van der Waals surface area contributed by atoms with Crippen molar-refractivity contribution in [2.24, 2.45) is 7.05 Å². The van der Waals surface area contributed by atoms with Crippen LogP contribution >= 0.6 is 11.8 Å². The predicted octanol–water partition coefficient (Wildman–Crippen LogP) is 2.31. The van der Waals surface area contributed by atoms with E-state index in [-0.39, 0.29) is 17.9 Å². The average molecular weight is 372 g/mol. The lowest BCUT2D eigenvalue weighted by atomic mass is 10.1. The number of likely N-dealkylation sites (tertiary alicyclic amines) is 1. The third-order valence-corrected chi connectivity index (χ3v) is 5.70. The summed E-state index contributed by atoms with van der Waals surface area (Å²) in [6.07, 6.45) is 3.47. The van der Waals surface area contributed by atoms with Crippen LogP contribution in [0, 0.1) is 0 Å². The molecule has 2 amide bonds. The molecule has 2 aromatic rings. The Bertz CT molecular complexity index is 767. The molecule has 26 heavy (non-hydrogen) atoms. The molecule has 1 saturated heterocycles. The zero-order chi connectivity index (χ0) is 18.5. The summed E-state index contributed by atoms with van der Waals surface area (Å²) < 4.78 is 2.01. The maximum Gasteiger partial charge on any atom is 0.230 e. The highest BCUT2D eigenvalue weighted by Gasteiger charge is 2.22. The van der Waals surface area contributed by atoms with E-state index in [0.717, 1.165) is 29.3 Å². The van der Waals surface area contributed by atoms with Gasteiger partial charge in [-0.05, 0) is 18.4 Å². The third kappa shape index (κ3) is 4.46. The summed E-state index contributed by atoms with van der Waals surface area (Å²) in [5.74, 6) is 0.460. The Labute approximate surface area is 158 Å². The van der Waals surface area contributed by atoms with Crippen molar-refractivity contribution in [3.05, 3.63) is 36.5 Å². The Morgan fingerprint density at radius 1 is 1.23 bits per heavy atom. The summed E-state index contributed by atoms with van der Waals surface area (Å²) >= 11 is 1.44. The van der Waals surface area contributed by atoms with Crippen molar-refractivity contribution in [3.63, 3.8) is 0 Å². The zero-order valence-electron chi connectivity index (χ0n) is 15.1. The Morgan fingerprint density at radius 2 is 1.92 bits per heavy atom. The van der Waals surface area contributed by atoms with Crippen LogP contribution in [0.2, 0.25) is 0 Å². The van der Waals surface area contributed by atoms with Gasteiger partial charge in [-0.1, -0.05) is 42.1 Å². The van der Waals surface area contributed by atoms with Crippen molar-refractivity contribution >= 4 is 23.6 Å². The third-order valence-electron chi connectivity index (χ3n) is 4.65. The molecule has 3 rings (SSSR count). The fourth-order valence-electron chi connectivity index (χ4n) is 3.14. The van der Waals surface area contributed by atoms with E-state index in [9.17, 15) is 9.59 Å². The number of hydrogen-bond acceptors (Lipinski definition) is 4. The number of nitrogens with one attached hydrogen (secondary N) is 1. The van der Waals surface area contributed by atoms with Crippen LogP contribution in [0.15, 0.2) is 41.7 Å². The second kappa shape index (κ2) is 8.40. The summed E-state index contributed by atoms with van der Waals surface area (Å²) in [6, 6.07) is 10.2. The van der Waals surface area contributed by atoms with Gasteiger partial charge in [0.25, 0.3) is 0 Å². The molecule has 1 N–H and O–H groups in total. The van der Waals surface area contributed by atoms with Gasteiger partial charge in [-0.15, -0.1) is 0 Å². The minimum Gasteiger partial charge on any atom is -0.353 e. The molecule has 0 bridgehead atoms. The van der Waals surface area contributed by atoms with Gasteiger partial charge >= 0.3 is 0 Å². The number of carbonyl (C=O) groups is 2. The second-order valence-corrected chi connectivity index (χ2v) is 7.43. The molecule has 1 aromatic carbocycles. The van der Waals surface area contributed by atoms with Gasteiger partial charge < -0.3 is 14.8 Å². The van der Waals surface area contributed by atoms with E-state index in [4.69, 9.17) is 0 Å². The largest absolute Gasteiger partial charge is 0.353 e. The summed E-state index contributed by atoms with van der Waals surface area (Å²) in [7, 11) is 1.97. The number of aromatic nitrogens is 2. The van der Waals surface area contributed by atoms with Crippen molar-refractivity contribution in [2.75, 3.05) is 18.8 Å². The molecule has 0 atom stereocenters. The van der Waals surface area contributed by atoms with Crippen molar-refractivity contribution < 1.29 is 9.59 Å². The monoisotopic (exact) mass is 372 g/mol. The van der Waals surface area contributed by atoms with E-state index >= 15 is 0 Å². The van der Waals surface area contributed by atoms with Crippen LogP contribution in [0.3, 0.4) is 0 Å². The number of benzene rings is 1. The van der Waals surface area contributed by atoms with Gasteiger partial charge in [0.15, 0.2) is 5.16 Å². The molecule has 138 valence electrons. The first-order valence-corrected chi connectivity index (χ1v) is 9.78. The van der Waals surface area contributed by atoms with Gasteiger partial charge in [-0.25, -0.2) is 4.98 Å². The summed E-state index contributed by atoms with van der Waals surface area (Å²) in [6.45, 7) is 3.02. The van der Waals surface area contributed by atoms with Crippen molar-refractivity contribution in [2.45, 2.75) is 31.0 Å². The Hall–Kier alpha value is -2.28. The van der Waals surface area contributed by atoms with Crippen LogP contribution in [-0.2, 0) is 16.6 Å². The minimum atomic E-state index is 0.0144.